The van der Waals surface area contributed by atoms with Crippen LogP contribution in [-0.2, 0) is 0 Å². The van der Waals surface area contributed by atoms with Gasteiger partial charge in [0.1, 0.15) is 11.5 Å². The van der Waals surface area contributed by atoms with E-state index in [9.17, 15) is 0 Å². The molecular formula is C15H14Br2ClNO2. The number of rotatable bonds is 4. The summed E-state index contributed by atoms with van der Waals surface area (Å²) >= 11 is 12.9. The Balaban J connectivity index is 2.50. The van der Waals surface area contributed by atoms with Gasteiger partial charge < -0.3 is 15.2 Å². The monoisotopic (exact) mass is 433 g/mol. The van der Waals surface area contributed by atoms with Crippen molar-refractivity contribution in [3.63, 3.8) is 0 Å². The Hall–Kier alpha value is -0.750. The molecule has 6 heteroatoms. The third kappa shape index (κ3) is 3.54. The lowest BCUT2D eigenvalue weighted by molar-refractivity contribution is 0.395. The van der Waals surface area contributed by atoms with Gasteiger partial charge in [0.2, 0.25) is 0 Å². The van der Waals surface area contributed by atoms with E-state index in [-0.39, 0.29) is 6.04 Å². The number of ether oxygens (including phenoxy) is 2. The molecule has 21 heavy (non-hydrogen) atoms. The van der Waals surface area contributed by atoms with Crippen molar-refractivity contribution in [3.8, 4) is 11.5 Å². The molecular weight excluding hydrogens is 421 g/mol. The van der Waals surface area contributed by atoms with Crippen molar-refractivity contribution >= 4 is 43.5 Å². The second-order valence-corrected chi connectivity index (χ2v) is 6.50. The summed E-state index contributed by atoms with van der Waals surface area (Å²) in [7, 11) is 3.22. The van der Waals surface area contributed by atoms with Gasteiger partial charge >= 0.3 is 0 Å². The quantitative estimate of drug-likeness (QED) is 0.741. The maximum atomic E-state index is 6.36. The smallest absolute Gasteiger partial charge is 0.133 e. The van der Waals surface area contributed by atoms with Crippen molar-refractivity contribution in [1.29, 1.82) is 0 Å². The largest absolute Gasteiger partial charge is 0.496 e. The average Bonchev–Trinajstić information content (AvgIpc) is 2.49. The molecule has 0 amide bonds. The lowest BCUT2D eigenvalue weighted by Crippen LogP contribution is -2.13. The van der Waals surface area contributed by atoms with E-state index in [0.29, 0.717) is 16.5 Å². The Morgan fingerprint density at radius 3 is 2.24 bits per heavy atom. The Labute approximate surface area is 145 Å². The fraction of sp³-hybridized carbons (Fsp3) is 0.200. The van der Waals surface area contributed by atoms with Crippen LogP contribution in [0.25, 0.3) is 0 Å². The molecule has 0 fully saturated rings. The molecule has 0 radical (unpaired) electrons. The molecule has 2 rings (SSSR count). The summed E-state index contributed by atoms with van der Waals surface area (Å²) in [6, 6.07) is 8.98. The van der Waals surface area contributed by atoms with Crippen molar-refractivity contribution in [2.75, 3.05) is 14.2 Å². The van der Waals surface area contributed by atoms with E-state index in [1.54, 1.807) is 14.2 Å². The Morgan fingerprint density at radius 2 is 1.67 bits per heavy atom. The van der Waals surface area contributed by atoms with Crippen LogP contribution >= 0.6 is 43.5 Å². The first kappa shape index (κ1) is 16.6. The third-order valence-electron chi connectivity index (χ3n) is 3.14. The lowest BCUT2D eigenvalue weighted by Gasteiger charge is -2.18. The van der Waals surface area contributed by atoms with E-state index in [1.165, 1.54) is 0 Å². The molecule has 2 N–H and O–H groups in total. The summed E-state index contributed by atoms with van der Waals surface area (Å²) in [5.41, 5.74) is 8.08. The van der Waals surface area contributed by atoms with Gasteiger partial charge in [-0.25, -0.2) is 0 Å². The lowest BCUT2D eigenvalue weighted by atomic mass is 9.98. The van der Waals surface area contributed by atoms with Gasteiger partial charge in [0.05, 0.1) is 29.8 Å². The molecule has 0 heterocycles. The first-order valence-corrected chi connectivity index (χ1v) is 8.06. The highest BCUT2D eigenvalue weighted by atomic mass is 79.9. The fourth-order valence-electron chi connectivity index (χ4n) is 2.01. The summed E-state index contributed by atoms with van der Waals surface area (Å²) in [6.45, 7) is 0. The van der Waals surface area contributed by atoms with Crippen molar-refractivity contribution < 1.29 is 9.47 Å². The molecule has 0 spiro atoms. The maximum absolute atomic E-state index is 6.36. The molecule has 0 saturated heterocycles. The molecule has 0 bridgehead atoms. The van der Waals surface area contributed by atoms with Gasteiger partial charge in [-0.1, -0.05) is 17.7 Å². The fourth-order valence-corrected chi connectivity index (χ4v) is 2.93. The van der Waals surface area contributed by atoms with Crippen molar-refractivity contribution in [2.24, 2.45) is 5.73 Å². The van der Waals surface area contributed by atoms with Gasteiger partial charge in [-0.15, -0.1) is 0 Å². The predicted octanol–water partition coefficient (Wildman–Crippen LogP) is 4.93. The number of hydrogen-bond donors (Lipinski definition) is 1. The van der Waals surface area contributed by atoms with E-state index < -0.39 is 0 Å². The van der Waals surface area contributed by atoms with Gasteiger partial charge in [-0.3, -0.25) is 0 Å². The number of methoxy groups -OCH3 is 2. The van der Waals surface area contributed by atoms with Crippen LogP contribution in [0.4, 0.5) is 0 Å². The highest BCUT2D eigenvalue weighted by Crippen LogP contribution is 2.38. The summed E-state index contributed by atoms with van der Waals surface area (Å²) < 4.78 is 12.4. The van der Waals surface area contributed by atoms with E-state index >= 15 is 0 Å². The van der Waals surface area contributed by atoms with Gasteiger partial charge in [0, 0.05) is 10.0 Å². The second kappa shape index (κ2) is 7.01. The van der Waals surface area contributed by atoms with E-state index in [1.807, 2.05) is 30.3 Å². The number of benzene rings is 2. The van der Waals surface area contributed by atoms with Gasteiger partial charge in [-0.05, 0) is 61.7 Å². The molecule has 2 aromatic carbocycles. The molecule has 0 aliphatic heterocycles. The van der Waals surface area contributed by atoms with Crippen LogP contribution in [0.15, 0.2) is 39.3 Å². The summed E-state index contributed by atoms with van der Waals surface area (Å²) in [5.74, 6) is 1.39. The molecule has 0 aliphatic carbocycles. The van der Waals surface area contributed by atoms with Crippen molar-refractivity contribution in [1.82, 2.24) is 0 Å². The van der Waals surface area contributed by atoms with Crippen LogP contribution in [0, 0.1) is 0 Å². The molecule has 2 aromatic rings. The first-order chi connectivity index (χ1) is 9.97. The predicted molar refractivity (Wildman–Crippen MR) is 92.4 cm³/mol. The van der Waals surface area contributed by atoms with E-state index in [0.717, 1.165) is 20.1 Å². The zero-order valence-corrected chi connectivity index (χ0v) is 15.4. The summed E-state index contributed by atoms with van der Waals surface area (Å²) in [4.78, 5) is 0. The number of hydrogen-bond acceptors (Lipinski definition) is 3. The van der Waals surface area contributed by atoms with Gasteiger partial charge in [-0.2, -0.15) is 0 Å². The molecule has 0 aromatic heterocycles. The molecule has 1 atom stereocenters. The second-order valence-electron chi connectivity index (χ2n) is 4.38. The molecule has 0 aliphatic rings. The highest BCUT2D eigenvalue weighted by Gasteiger charge is 2.18. The standard InChI is InChI=1S/C15H14Br2ClNO2/c1-20-13-7-11(17)14(21-2)6-9(13)15(19)8-3-4-10(16)12(18)5-8/h3-7,15H,19H2,1-2H3. The normalized spacial score (nSPS) is 12.1. The van der Waals surface area contributed by atoms with Gasteiger partial charge in [0.15, 0.2) is 0 Å². The minimum Gasteiger partial charge on any atom is -0.496 e. The maximum Gasteiger partial charge on any atom is 0.133 e. The minimum absolute atomic E-state index is 0.368. The average molecular weight is 436 g/mol. The summed E-state index contributed by atoms with van der Waals surface area (Å²) in [6.07, 6.45) is 0. The van der Waals surface area contributed by atoms with Crippen LogP contribution < -0.4 is 15.2 Å². The number of halogens is 3. The van der Waals surface area contributed by atoms with E-state index in [4.69, 9.17) is 26.8 Å². The third-order valence-corrected chi connectivity index (χ3v) is 4.99. The van der Waals surface area contributed by atoms with Crippen molar-refractivity contribution in [2.45, 2.75) is 6.04 Å². The topological polar surface area (TPSA) is 44.5 Å². The minimum atomic E-state index is -0.368. The van der Waals surface area contributed by atoms with Crippen LogP contribution in [0.3, 0.4) is 0 Å². The molecule has 112 valence electrons. The Morgan fingerprint density at radius 1 is 1.00 bits per heavy atom. The highest BCUT2D eigenvalue weighted by molar-refractivity contribution is 9.10. The SMILES string of the molecule is COc1cc(C(N)c2ccc(Br)c(Cl)c2)c(OC)cc1Br. The molecule has 1 unspecified atom stereocenters. The molecule has 3 nitrogen and oxygen atoms in total. The Kier molecular flexibility index (Phi) is 5.54. The first-order valence-electron chi connectivity index (χ1n) is 6.10. The Bertz CT molecular complexity index is 664. The van der Waals surface area contributed by atoms with E-state index in [2.05, 4.69) is 31.9 Å². The zero-order chi connectivity index (χ0) is 15.6. The van der Waals surface area contributed by atoms with Crippen LogP contribution in [0.2, 0.25) is 5.02 Å². The van der Waals surface area contributed by atoms with Crippen molar-refractivity contribution in [3.05, 3.63) is 55.4 Å². The molecule has 0 saturated carbocycles. The zero-order valence-electron chi connectivity index (χ0n) is 11.5. The summed E-state index contributed by atoms with van der Waals surface area (Å²) in [5, 5.41) is 0.617. The van der Waals surface area contributed by atoms with Crippen LogP contribution in [-0.4, -0.2) is 14.2 Å². The number of nitrogens with two attached hydrogens (primary N) is 1. The van der Waals surface area contributed by atoms with Crippen LogP contribution in [0.1, 0.15) is 17.2 Å². The van der Waals surface area contributed by atoms with Gasteiger partial charge in [0.25, 0.3) is 0 Å². The van der Waals surface area contributed by atoms with Crippen LogP contribution in [0.5, 0.6) is 11.5 Å².